The summed E-state index contributed by atoms with van der Waals surface area (Å²) in [5.41, 5.74) is 6.92. The lowest BCUT2D eigenvalue weighted by atomic mass is 10.1. The van der Waals surface area contributed by atoms with Crippen molar-refractivity contribution < 1.29 is 9.31 Å². The molecule has 19 heavy (non-hydrogen) atoms. The molecule has 0 aliphatic rings. The van der Waals surface area contributed by atoms with Gasteiger partial charge in [0.05, 0.1) is 11.5 Å². The van der Waals surface area contributed by atoms with E-state index in [9.17, 15) is 14.5 Å². The van der Waals surface area contributed by atoms with Crippen LogP contribution in [0.15, 0.2) is 18.2 Å². The summed E-state index contributed by atoms with van der Waals surface area (Å²) in [5.74, 6) is -0.349. The van der Waals surface area contributed by atoms with Gasteiger partial charge in [-0.1, -0.05) is 12.1 Å². The molecule has 7 heteroatoms. The number of rotatable bonds is 3. The summed E-state index contributed by atoms with van der Waals surface area (Å²) in [6.45, 7) is 3.37. The van der Waals surface area contributed by atoms with Crippen molar-refractivity contribution in [2.75, 3.05) is 5.73 Å². The number of aromatic nitrogens is 2. The lowest BCUT2D eigenvalue weighted by Gasteiger charge is -2.05. The Kier molecular flexibility index (Phi) is 3.20. The Hall–Kier alpha value is -2.44. The van der Waals surface area contributed by atoms with E-state index < -0.39 is 4.92 Å². The van der Waals surface area contributed by atoms with E-state index in [2.05, 4.69) is 5.10 Å². The lowest BCUT2D eigenvalue weighted by Crippen LogP contribution is -2.07. The molecule has 0 saturated carbocycles. The van der Waals surface area contributed by atoms with Gasteiger partial charge in [0.1, 0.15) is 11.5 Å². The second-order valence-corrected chi connectivity index (χ2v) is 4.32. The maximum Gasteiger partial charge on any atom is 0.333 e. The van der Waals surface area contributed by atoms with Gasteiger partial charge in [-0.2, -0.15) is 5.10 Å². The summed E-state index contributed by atoms with van der Waals surface area (Å²) in [5, 5.41) is 14.8. The number of nitrogen functional groups attached to an aromatic ring is 1. The molecule has 2 rings (SSSR count). The van der Waals surface area contributed by atoms with Crippen molar-refractivity contribution in [3.8, 4) is 0 Å². The van der Waals surface area contributed by atoms with E-state index in [1.54, 1.807) is 19.1 Å². The Balaban J connectivity index is 2.36. The number of nitrogens with two attached hydrogens (primary N) is 1. The van der Waals surface area contributed by atoms with Gasteiger partial charge in [-0.05, 0) is 31.0 Å². The molecule has 0 aliphatic heterocycles. The molecule has 0 radical (unpaired) electrons. The fourth-order valence-corrected chi connectivity index (χ4v) is 1.84. The molecule has 1 aromatic carbocycles. The average molecular weight is 264 g/mol. The molecule has 0 amide bonds. The Morgan fingerprint density at radius 1 is 1.47 bits per heavy atom. The van der Waals surface area contributed by atoms with Crippen LogP contribution in [0.1, 0.15) is 16.8 Å². The first-order valence-electron chi connectivity index (χ1n) is 5.62. The molecule has 1 aromatic heterocycles. The van der Waals surface area contributed by atoms with Crippen LogP contribution in [-0.4, -0.2) is 14.7 Å². The minimum atomic E-state index is -0.566. The van der Waals surface area contributed by atoms with Gasteiger partial charge < -0.3 is 5.73 Å². The van der Waals surface area contributed by atoms with Crippen molar-refractivity contribution in [1.82, 2.24) is 9.78 Å². The van der Waals surface area contributed by atoms with E-state index in [-0.39, 0.29) is 29.6 Å². The Bertz CT molecular complexity index is 651. The molecular weight excluding hydrogens is 251 g/mol. The maximum absolute atomic E-state index is 13.4. The van der Waals surface area contributed by atoms with Crippen LogP contribution in [0, 0.1) is 29.8 Å². The standard InChI is InChI=1S/C12H13FN4O2/c1-7-3-4-9(5-10(7)13)6-16-12(14)11(17(18)19)8(2)15-16/h3-5H,6,14H2,1-2H3. The van der Waals surface area contributed by atoms with Gasteiger partial charge >= 0.3 is 5.69 Å². The molecule has 6 nitrogen and oxygen atoms in total. The third kappa shape index (κ3) is 2.40. The molecule has 0 bridgehead atoms. The Morgan fingerprint density at radius 2 is 2.16 bits per heavy atom. The van der Waals surface area contributed by atoms with Crippen molar-refractivity contribution in [3.63, 3.8) is 0 Å². The zero-order valence-corrected chi connectivity index (χ0v) is 10.6. The summed E-state index contributed by atoms with van der Waals surface area (Å²) >= 11 is 0. The van der Waals surface area contributed by atoms with Gasteiger partial charge in [0.15, 0.2) is 0 Å². The van der Waals surface area contributed by atoms with E-state index in [1.165, 1.54) is 17.7 Å². The second kappa shape index (κ2) is 4.68. The predicted molar refractivity (Wildman–Crippen MR) is 68.3 cm³/mol. The summed E-state index contributed by atoms with van der Waals surface area (Å²) in [4.78, 5) is 10.3. The molecule has 0 aliphatic carbocycles. The molecule has 100 valence electrons. The van der Waals surface area contributed by atoms with Gasteiger partial charge in [0.2, 0.25) is 5.82 Å². The molecule has 2 aromatic rings. The topological polar surface area (TPSA) is 87.0 Å². The summed E-state index contributed by atoms with van der Waals surface area (Å²) in [6.07, 6.45) is 0. The molecule has 0 atom stereocenters. The first-order chi connectivity index (χ1) is 8.90. The first-order valence-corrected chi connectivity index (χ1v) is 5.62. The third-order valence-electron chi connectivity index (χ3n) is 2.89. The van der Waals surface area contributed by atoms with Crippen molar-refractivity contribution in [3.05, 3.63) is 51.0 Å². The van der Waals surface area contributed by atoms with Crippen LogP contribution in [0.5, 0.6) is 0 Å². The number of anilines is 1. The van der Waals surface area contributed by atoms with Crippen LogP contribution in [0.25, 0.3) is 0 Å². The van der Waals surface area contributed by atoms with Crippen LogP contribution in [-0.2, 0) is 6.54 Å². The maximum atomic E-state index is 13.4. The van der Waals surface area contributed by atoms with Crippen LogP contribution in [0.2, 0.25) is 0 Å². The molecule has 2 N–H and O–H groups in total. The number of benzene rings is 1. The summed E-state index contributed by atoms with van der Waals surface area (Å²) in [7, 11) is 0. The zero-order chi connectivity index (χ0) is 14.2. The quantitative estimate of drug-likeness (QED) is 0.679. The number of hydrogen-bond acceptors (Lipinski definition) is 4. The van der Waals surface area contributed by atoms with Crippen LogP contribution < -0.4 is 5.73 Å². The highest BCUT2D eigenvalue weighted by Crippen LogP contribution is 2.25. The highest BCUT2D eigenvalue weighted by atomic mass is 19.1. The van der Waals surface area contributed by atoms with Crippen LogP contribution >= 0.6 is 0 Å². The number of nitro groups is 1. The van der Waals surface area contributed by atoms with Crippen LogP contribution in [0.4, 0.5) is 15.9 Å². The fourth-order valence-electron chi connectivity index (χ4n) is 1.84. The molecular formula is C12H13FN4O2. The third-order valence-corrected chi connectivity index (χ3v) is 2.89. The van der Waals surface area contributed by atoms with Gasteiger partial charge in [-0.25, -0.2) is 9.07 Å². The van der Waals surface area contributed by atoms with Crippen LogP contribution in [0.3, 0.4) is 0 Å². The van der Waals surface area contributed by atoms with Crippen molar-refractivity contribution in [2.24, 2.45) is 0 Å². The summed E-state index contributed by atoms with van der Waals surface area (Å²) < 4.78 is 14.7. The lowest BCUT2D eigenvalue weighted by molar-refractivity contribution is -0.384. The van der Waals surface area contributed by atoms with E-state index in [4.69, 9.17) is 5.73 Å². The van der Waals surface area contributed by atoms with Gasteiger partial charge in [0, 0.05) is 0 Å². The van der Waals surface area contributed by atoms with E-state index in [0.29, 0.717) is 11.1 Å². The van der Waals surface area contributed by atoms with Gasteiger partial charge in [-0.3, -0.25) is 10.1 Å². The molecule has 1 heterocycles. The number of hydrogen-bond donors (Lipinski definition) is 1. The fraction of sp³-hybridized carbons (Fsp3) is 0.250. The zero-order valence-electron chi connectivity index (χ0n) is 10.6. The van der Waals surface area contributed by atoms with Crippen molar-refractivity contribution in [2.45, 2.75) is 20.4 Å². The highest BCUT2D eigenvalue weighted by molar-refractivity contribution is 5.56. The average Bonchev–Trinajstić information content (AvgIpc) is 2.59. The second-order valence-electron chi connectivity index (χ2n) is 4.32. The Labute approximate surface area is 108 Å². The van der Waals surface area contributed by atoms with E-state index in [0.717, 1.165) is 0 Å². The molecule has 0 spiro atoms. The van der Waals surface area contributed by atoms with Gasteiger partial charge in [-0.15, -0.1) is 0 Å². The minimum absolute atomic E-state index is 0.0246. The minimum Gasteiger partial charge on any atom is -0.378 e. The van der Waals surface area contributed by atoms with E-state index >= 15 is 0 Å². The van der Waals surface area contributed by atoms with Gasteiger partial charge in [0.25, 0.3) is 0 Å². The SMILES string of the molecule is Cc1ccc(Cn2nc(C)c([N+](=O)[O-])c2N)cc1F. The smallest absolute Gasteiger partial charge is 0.333 e. The summed E-state index contributed by atoms with van der Waals surface area (Å²) in [6, 6.07) is 4.75. The van der Waals surface area contributed by atoms with Crippen molar-refractivity contribution in [1.29, 1.82) is 0 Å². The Morgan fingerprint density at radius 3 is 2.68 bits per heavy atom. The molecule has 0 unspecified atom stereocenters. The van der Waals surface area contributed by atoms with Crippen molar-refractivity contribution >= 4 is 11.5 Å². The number of nitrogens with zero attached hydrogens (tertiary/aromatic N) is 3. The first kappa shape index (κ1) is 13.0. The van der Waals surface area contributed by atoms with E-state index in [1.807, 2.05) is 0 Å². The molecule has 0 fully saturated rings. The molecule has 0 saturated heterocycles. The monoisotopic (exact) mass is 264 g/mol. The largest absolute Gasteiger partial charge is 0.378 e. The number of aryl methyl sites for hydroxylation is 2. The number of halogens is 1. The predicted octanol–water partition coefficient (Wildman–Crippen LogP) is 2.18. The highest BCUT2D eigenvalue weighted by Gasteiger charge is 2.22. The normalized spacial score (nSPS) is 10.7.